The predicted molar refractivity (Wildman–Crippen MR) is 66.8 cm³/mol. The molecule has 1 unspecified atom stereocenters. The second-order valence-electron chi connectivity index (χ2n) is 4.88. The van der Waals surface area contributed by atoms with Gasteiger partial charge in [0, 0.05) is 29.8 Å². The number of aliphatic hydroxyl groups excluding tert-OH is 1. The number of hydrogen-bond donors (Lipinski definition) is 1. The van der Waals surface area contributed by atoms with Crippen LogP contribution >= 0.6 is 0 Å². The van der Waals surface area contributed by atoms with Crippen molar-refractivity contribution in [1.29, 1.82) is 0 Å². The zero-order chi connectivity index (χ0) is 12.6. The van der Waals surface area contributed by atoms with Crippen LogP contribution in [0.2, 0.25) is 0 Å². The van der Waals surface area contributed by atoms with Gasteiger partial charge >= 0.3 is 0 Å². The normalized spacial score (nSPS) is 20.3. The summed E-state index contributed by atoms with van der Waals surface area (Å²) < 4.78 is 24.5. The third-order valence-electron chi connectivity index (χ3n) is 3.39. The summed E-state index contributed by atoms with van der Waals surface area (Å²) in [7, 11) is -2.94. The molecule has 1 N–H and O–H groups in total. The molecule has 0 saturated carbocycles. The molecule has 0 bridgehead atoms. The zero-order valence-electron chi connectivity index (χ0n) is 10.3. The average Bonchev–Trinajstić information content (AvgIpc) is 2.52. The quantitative estimate of drug-likeness (QED) is 0.885. The Morgan fingerprint density at radius 2 is 2.24 bits per heavy atom. The second kappa shape index (κ2) is 4.46. The zero-order valence-corrected chi connectivity index (χ0v) is 11.1. The van der Waals surface area contributed by atoms with E-state index >= 15 is 0 Å². The number of aryl methyl sites for hydroxylation is 1. The molecule has 17 heavy (non-hydrogen) atoms. The second-order valence-corrected chi connectivity index (χ2v) is 7.14. The molecule has 2 rings (SSSR count). The van der Waals surface area contributed by atoms with Gasteiger partial charge in [-0.25, -0.2) is 8.42 Å². The molecule has 1 heterocycles. The predicted octanol–water partition coefficient (Wildman–Crippen LogP) is 1.21. The number of aromatic nitrogens is 1. The molecule has 0 spiro atoms. The fourth-order valence-electron chi connectivity index (χ4n) is 2.51. The summed E-state index contributed by atoms with van der Waals surface area (Å²) in [6.45, 7) is 2.46. The maximum absolute atomic E-state index is 11.2. The molecule has 0 aromatic carbocycles. The van der Waals surface area contributed by atoms with Crippen LogP contribution in [0.4, 0.5) is 0 Å². The fourth-order valence-corrected chi connectivity index (χ4v) is 3.02. The van der Waals surface area contributed by atoms with Crippen LogP contribution in [0.3, 0.4) is 0 Å². The van der Waals surface area contributed by atoms with Crippen LogP contribution in [0.25, 0.3) is 0 Å². The molecule has 1 aliphatic rings. The molecule has 96 valence electrons. The van der Waals surface area contributed by atoms with Crippen molar-refractivity contribution in [1.82, 2.24) is 4.57 Å². The summed E-state index contributed by atoms with van der Waals surface area (Å²) in [4.78, 5) is 0. The molecule has 0 fully saturated rings. The molecular formula is C12H19NO3S. The highest BCUT2D eigenvalue weighted by atomic mass is 32.2. The van der Waals surface area contributed by atoms with Crippen molar-refractivity contribution in [3.05, 3.63) is 23.0 Å². The SMILES string of the molecule is Cc1cc2c(n1CCS(C)(=O)=O)CCCC2O. The van der Waals surface area contributed by atoms with Gasteiger partial charge in [0.2, 0.25) is 0 Å². The molecular weight excluding hydrogens is 238 g/mol. The Morgan fingerprint density at radius 1 is 1.53 bits per heavy atom. The summed E-state index contributed by atoms with van der Waals surface area (Å²) in [5.41, 5.74) is 3.15. The van der Waals surface area contributed by atoms with E-state index in [9.17, 15) is 13.5 Å². The first-order chi connectivity index (χ1) is 7.88. The van der Waals surface area contributed by atoms with Crippen LogP contribution in [0.5, 0.6) is 0 Å². The van der Waals surface area contributed by atoms with Gasteiger partial charge in [-0.15, -0.1) is 0 Å². The number of fused-ring (bicyclic) bond motifs is 1. The van der Waals surface area contributed by atoms with Gasteiger partial charge in [-0.05, 0) is 32.3 Å². The Morgan fingerprint density at radius 3 is 2.88 bits per heavy atom. The van der Waals surface area contributed by atoms with Crippen LogP contribution in [-0.2, 0) is 22.8 Å². The lowest BCUT2D eigenvalue weighted by Crippen LogP contribution is -2.17. The smallest absolute Gasteiger partial charge is 0.149 e. The third-order valence-corrected chi connectivity index (χ3v) is 4.31. The van der Waals surface area contributed by atoms with Gasteiger partial charge in [-0.3, -0.25) is 0 Å². The molecule has 0 aliphatic heterocycles. The highest BCUT2D eigenvalue weighted by Gasteiger charge is 2.23. The molecule has 1 aromatic heterocycles. The number of sulfone groups is 1. The average molecular weight is 257 g/mol. The van der Waals surface area contributed by atoms with Crippen molar-refractivity contribution in [2.75, 3.05) is 12.0 Å². The van der Waals surface area contributed by atoms with Gasteiger partial charge in [-0.1, -0.05) is 0 Å². The lowest BCUT2D eigenvalue weighted by molar-refractivity contribution is 0.155. The van der Waals surface area contributed by atoms with Crippen molar-refractivity contribution in [3.8, 4) is 0 Å². The standard InChI is InChI=1S/C12H19NO3S/c1-9-8-10-11(4-3-5-12(10)14)13(9)6-7-17(2,15)16/h8,12,14H,3-7H2,1-2H3. The number of aliphatic hydroxyl groups is 1. The Hall–Kier alpha value is -0.810. The van der Waals surface area contributed by atoms with Crippen LogP contribution in [0, 0.1) is 6.92 Å². The summed E-state index contributed by atoms with van der Waals surface area (Å²) in [5.74, 6) is 0.158. The van der Waals surface area contributed by atoms with E-state index in [4.69, 9.17) is 0 Å². The van der Waals surface area contributed by atoms with Crippen molar-refractivity contribution in [2.45, 2.75) is 38.8 Å². The Labute approximate surface area is 102 Å². The van der Waals surface area contributed by atoms with Crippen molar-refractivity contribution >= 4 is 9.84 Å². The molecule has 4 nitrogen and oxygen atoms in total. The van der Waals surface area contributed by atoms with Gasteiger partial charge in [0.15, 0.2) is 0 Å². The molecule has 5 heteroatoms. The van der Waals surface area contributed by atoms with Gasteiger partial charge in [0.05, 0.1) is 11.9 Å². The molecule has 0 saturated heterocycles. The minimum Gasteiger partial charge on any atom is -0.388 e. The van der Waals surface area contributed by atoms with Crippen LogP contribution < -0.4 is 0 Å². The van der Waals surface area contributed by atoms with Crippen LogP contribution in [-0.4, -0.2) is 30.1 Å². The topological polar surface area (TPSA) is 59.3 Å². The Bertz CT molecular complexity index is 516. The van der Waals surface area contributed by atoms with Gasteiger partial charge in [0.25, 0.3) is 0 Å². The Balaban J connectivity index is 2.28. The van der Waals surface area contributed by atoms with Crippen molar-refractivity contribution in [3.63, 3.8) is 0 Å². The van der Waals surface area contributed by atoms with Crippen LogP contribution in [0.1, 0.15) is 35.9 Å². The molecule has 1 aromatic rings. The minimum atomic E-state index is -2.94. The van der Waals surface area contributed by atoms with Crippen molar-refractivity contribution < 1.29 is 13.5 Å². The molecule has 0 radical (unpaired) electrons. The summed E-state index contributed by atoms with van der Waals surface area (Å²) in [5, 5.41) is 9.90. The third kappa shape index (κ3) is 2.72. The molecule has 1 atom stereocenters. The summed E-state index contributed by atoms with van der Waals surface area (Å²) in [6.07, 6.45) is 3.59. The maximum Gasteiger partial charge on any atom is 0.149 e. The molecule has 1 aliphatic carbocycles. The highest BCUT2D eigenvalue weighted by Crippen LogP contribution is 2.32. The van der Waals surface area contributed by atoms with Gasteiger partial charge in [0.1, 0.15) is 9.84 Å². The fraction of sp³-hybridized carbons (Fsp3) is 0.667. The van der Waals surface area contributed by atoms with E-state index in [2.05, 4.69) is 0 Å². The summed E-state index contributed by atoms with van der Waals surface area (Å²) >= 11 is 0. The van der Waals surface area contributed by atoms with Gasteiger partial charge < -0.3 is 9.67 Å². The first kappa shape index (κ1) is 12.6. The van der Waals surface area contributed by atoms with E-state index in [1.54, 1.807) is 0 Å². The lowest BCUT2D eigenvalue weighted by atomic mass is 9.95. The van der Waals surface area contributed by atoms with E-state index in [0.29, 0.717) is 6.54 Å². The number of hydrogen-bond acceptors (Lipinski definition) is 3. The van der Waals surface area contributed by atoms with Gasteiger partial charge in [-0.2, -0.15) is 0 Å². The lowest BCUT2D eigenvalue weighted by Gasteiger charge is -2.20. The van der Waals surface area contributed by atoms with E-state index in [1.165, 1.54) is 6.26 Å². The largest absolute Gasteiger partial charge is 0.388 e. The highest BCUT2D eigenvalue weighted by molar-refractivity contribution is 7.90. The Kier molecular flexibility index (Phi) is 3.32. The van der Waals surface area contributed by atoms with E-state index in [-0.39, 0.29) is 11.9 Å². The van der Waals surface area contributed by atoms with Crippen LogP contribution in [0.15, 0.2) is 6.07 Å². The number of nitrogens with zero attached hydrogens (tertiary/aromatic N) is 1. The maximum atomic E-state index is 11.2. The van der Waals surface area contributed by atoms with E-state index in [0.717, 1.165) is 36.2 Å². The van der Waals surface area contributed by atoms with E-state index < -0.39 is 9.84 Å². The first-order valence-electron chi connectivity index (χ1n) is 5.93. The minimum absolute atomic E-state index is 0.158. The summed E-state index contributed by atoms with van der Waals surface area (Å²) in [6, 6.07) is 1.99. The van der Waals surface area contributed by atoms with E-state index in [1.807, 2.05) is 17.6 Å². The monoisotopic (exact) mass is 257 g/mol. The number of rotatable bonds is 3. The molecule has 0 amide bonds. The first-order valence-corrected chi connectivity index (χ1v) is 7.99. The van der Waals surface area contributed by atoms with Crippen molar-refractivity contribution in [2.24, 2.45) is 0 Å².